The van der Waals surface area contributed by atoms with Crippen LogP contribution in [0.1, 0.15) is 17.3 Å². The lowest BCUT2D eigenvalue weighted by molar-refractivity contribution is -0.142. The Bertz CT molecular complexity index is 743. The molecule has 22 heavy (non-hydrogen) atoms. The molecule has 2 atom stereocenters. The summed E-state index contributed by atoms with van der Waals surface area (Å²) in [4.78, 5) is 16.7. The average molecular weight is 336 g/mol. The fourth-order valence-corrected chi connectivity index (χ4v) is 3.84. The van der Waals surface area contributed by atoms with Crippen molar-refractivity contribution in [2.24, 2.45) is 0 Å². The van der Waals surface area contributed by atoms with Crippen LogP contribution < -0.4 is 0 Å². The van der Waals surface area contributed by atoms with Gasteiger partial charge in [-0.3, -0.25) is 0 Å². The highest BCUT2D eigenvalue weighted by atomic mass is 32.2. The van der Waals surface area contributed by atoms with Crippen molar-refractivity contribution < 1.29 is 15.0 Å². The van der Waals surface area contributed by atoms with Crippen molar-refractivity contribution in [2.75, 3.05) is 12.9 Å². The lowest BCUT2D eigenvalue weighted by atomic mass is 9.92. The number of aromatic nitrogens is 1. The Balaban J connectivity index is 2.19. The van der Waals surface area contributed by atoms with Gasteiger partial charge in [0.15, 0.2) is 0 Å². The summed E-state index contributed by atoms with van der Waals surface area (Å²) >= 11 is 6.65. The number of aliphatic hydroxyl groups excluding tert-OH is 1. The number of para-hydroxylation sites is 1. The number of aromatic amines is 1. The van der Waals surface area contributed by atoms with Crippen molar-refractivity contribution in [3.8, 4) is 0 Å². The molecule has 0 spiro atoms. The van der Waals surface area contributed by atoms with E-state index in [9.17, 15) is 15.0 Å². The highest BCUT2D eigenvalue weighted by Crippen LogP contribution is 2.38. The van der Waals surface area contributed by atoms with Gasteiger partial charge in [0.1, 0.15) is 10.4 Å². The number of aliphatic hydroxyl groups is 1. The summed E-state index contributed by atoms with van der Waals surface area (Å²) in [7, 11) is 0. The number of nitrogens with one attached hydrogen (secondary N) is 1. The van der Waals surface area contributed by atoms with E-state index in [4.69, 9.17) is 12.2 Å². The number of H-pyrrole nitrogens is 1. The van der Waals surface area contributed by atoms with Gasteiger partial charge >= 0.3 is 5.97 Å². The van der Waals surface area contributed by atoms with Gasteiger partial charge in [-0.2, -0.15) is 0 Å². The normalized spacial score (nSPS) is 20.9. The number of rotatable bonds is 2. The number of carbonyl (C=O) groups is 1. The number of benzene rings is 1. The zero-order chi connectivity index (χ0) is 15.9. The average Bonchev–Trinajstić information content (AvgIpc) is 2.90. The van der Waals surface area contributed by atoms with E-state index in [0.717, 1.165) is 22.2 Å². The highest BCUT2D eigenvalue weighted by Gasteiger charge is 2.40. The Morgan fingerprint density at radius 1 is 1.50 bits per heavy atom. The molecule has 5 nitrogen and oxygen atoms in total. The van der Waals surface area contributed by atoms with E-state index in [1.165, 1.54) is 11.8 Å². The first-order valence-corrected chi connectivity index (χ1v) is 8.51. The number of nitrogens with zero attached hydrogens (tertiary/aromatic N) is 1. The van der Waals surface area contributed by atoms with E-state index in [0.29, 0.717) is 10.7 Å². The number of hydrogen-bond acceptors (Lipinski definition) is 4. The maximum atomic E-state index is 11.7. The van der Waals surface area contributed by atoms with Crippen LogP contribution in [0.5, 0.6) is 0 Å². The Hall–Kier alpha value is -1.57. The molecule has 2 heterocycles. The van der Waals surface area contributed by atoms with Crippen molar-refractivity contribution in [3.05, 3.63) is 35.5 Å². The van der Waals surface area contributed by atoms with Gasteiger partial charge in [0.05, 0.1) is 12.6 Å². The summed E-state index contributed by atoms with van der Waals surface area (Å²) < 4.78 is 0.482. The maximum Gasteiger partial charge on any atom is 0.326 e. The third-order valence-electron chi connectivity index (χ3n) is 4.09. The van der Waals surface area contributed by atoms with E-state index in [1.807, 2.05) is 30.5 Å². The van der Waals surface area contributed by atoms with E-state index in [2.05, 4.69) is 4.98 Å². The maximum absolute atomic E-state index is 11.7. The lowest BCUT2D eigenvalue weighted by Crippen LogP contribution is -2.50. The quantitative estimate of drug-likeness (QED) is 0.730. The van der Waals surface area contributed by atoms with E-state index in [1.54, 1.807) is 4.90 Å². The minimum atomic E-state index is -0.925. The van der Waals surface area contributed by atoms with Gasteiger partial charge in [0.2, 0.25) is 0 Å². The first kappa shape index (κ1) is 15.3. The van der Waals surface area contributed by atoms with Crippen LogP contribution in [0.25, 0.3) is 10.9 Å². The molecular weight excluding hydrogens is 320 g/mol. The predicted molar refractivity (Wildman–Crippen MR) is 91.2 cm³/mol. The van der Waals surface area contributed by atoms with Crippen LogP contribution in [0.2, 0.25) is 0 Å². The first-order chi connectivity index (χ1) is 10.6. The van der Waals surface area contributed by atoms with Gasteiger partial charge in [-0.15, -0.1) is 11.8 Å². The molecule has 1 aliphatic rings. The molecule has 0 saturated heterocycles. The molecule has 0 bridgehead atoms. The number of thioether (sulfide) groups is 1. The Kier molecular flexibility index (Phi) is 4.12. The molecule has 7 heteroatoms. The topological polar surface area (TPSA) is 76.6 Å². The molecule has 3 N–H and O–H groups in total. The number of thiocarbonyl (C=S) groups is 1. The van der Waals surface area contributed by atoms with Crippen LogP contribution in [0.15, 0.2) is 24.3 Å². The Labute approximate surface area is 137 Å². The summed E-state index contributed by atoms with van der Waals surface area (Å²) in [6.45, 7) is -0.190. The monoisotopic (exact) mass is 336 g/mol. The van der Waals surface area contributed by atoms with Crippen molar-refractivity contribution in [1.29, 1.82) is 0 Å². The fraction of sp³-hybridized carbons (Fsp3) is 0.333. The fourth-order valence-electron chi connectivity index (χ4n) is 3.12. The number of hydrogen-bond donors (Lipinski definition) is 3. The smallest absolute Gasteiger partial charge is 0.326 e. The van der Waals surface area contributed by atoms with Gasteiger partial charge in [0.25, 0.3) is 0 Å². The summed E-state index contributed by atoms with van der Waals surface area (Å²) in [5.41, 5.74) is 2.77. The van der Waals surface area contributed by atoms with E-state index < -0.39 is 18.1 Å². The lowest BCUT2D eigenvalue weighted by Gasteiger charge is -2.40. The summed E-state index contributed by atoms with van der Waals surface area (Å²) in [6, 6.07) is 6.56. The second kappa shape index (κ2) is 5.91. The molecule has 116 valence electrons. The van der Waals surface area contributed by atoms with Crippen LogP contribution >= 0.6 is 24.0 Å². The minimum Gasteiger partial charge on any atom is -0.480 e. The molecule has 0 saturated carbocycles. The highest BCUT2D eigenvalue weighted by molar-refractivity contribution is 8.22. The number of carboxylic acid groups (broad SMARTS) is 1. The summed E-state index contributed by atoms with van der Waals surface area (Å²) in [5, 5.41) is 20.5. The Morgan fingerprint density at radius 2 is 2.23 bits per heavy atom. The predicted octanol–water partition coefficient (Wildman–Crippen LogP) is 2.16. The van der Waals surface area contributed by atoms with Gasteiger partial charge in [0, 0.05) is 23.0 Å². The van der Waals surface area contributed by atoms with E-state index >= 15 is 0 Å². The second-order valence-electron chi connectivity index (χ2n) is 5.20. The van der Waals surface area contributed by atoms with Crippen LogP contribution in [-0.2, 0) is 11.2 Å². The molecule has 1 aliphatic heterocycles. The molecule has 0 fully saturated rings. The zero-order valence-corrected chi connectivity index (χ0v) is 13.6. The molecule has 0 radical (unpaired) electrons. The third-order valence-corrected chi connectivity index (χ3v) is 5.36. The molecule has 1 aromatic carbocycles. The van der Waals surface area contributed by atoms with Gasteiger partial charge in [-0.25, -0.2) is 4.79 Å². The van der Waals surface area contributed by atoms with Crippen molar-refractivity contribution >= 4 is 45.2 Å². The summed E-state index contributed by atoms with van der Waals surface area (Å²) in [6.07, 6.45) is 2.18. The van der Waals surface area contributed by atoms with Crippen LogP contribution in [-0.4, -0.2) is 49.3 Å². The first-order valence-electron chi connectivity index (χ1n) is 6.88. The molecule has 0 unspecified atom stereocenters. The molecule has 3 rings (SSSR count). The molecule has 1 aromatic heterocycles. The van der Waals surface area contributed by atoms with Crippen molar-refractivity contribution in [2.45, 2.75) is 18.5 Å². The zero-order valence-electron chi connectivity index (χ0n) is 11.9. The SMILES string of the molecule is CSC(=S)N1[C@@H](C(=O)O)Cc2c([nH]c3ccccc23)[C@@H]1CO. The second-order valence-corrected chi connectivity index (χ2v) is 6.64. The summed E-state index contributed by atoms with van der Waals surface area (Å²) in [5.74, 6) is -0.925. The molecule has 2 aromatic rings. The van der Waals surface area contributed by atoms with Crippen LogP contribution in [0.4, 0.5) is 0 Å². The molecule has 0 aliphatic carbocycles. The standard InChI is InChI=1S/C15H16N2O3S2/c1-22-15(21)17-11(14(19)20)6-9-8-4-2-3-5-10(8)16-13(9)12(17)7-18/h2-5,11-12,16,18H,6-7H2,1H3,(H,19,20)/t11-,12+/m1/s1. The number of aliphatic carboxylic acids is 1. The van der Waals surface area contributed by atoms with Gasteiger partial charge < -0.3 is 20.1 Å². The van der Waals surface area contributed by atoms with Gasteiger partial charge in [-0.1, -0.05) is 30.4 Å². The van der Waals surface area contributed by atoms with Crippen LogP contribution in [0.3, 0.4) is 0 Å². The molecular formula is C15H16N2O3S2. The molecule has 0 amide bonds. The number of carboxylic acids is 1. The van der Waals surface area contributed by atoms with E-state index in [-0.39, 0.29) is 6.61 Å². The largest absolute Gasteiger partial charge is 0.480 e. The van der Waals surface area contributed by atoms with Crippen molar-refractivity contribution in [3.63, 3.8) is 0 Å². The minimum absolute atomic E-state index is 0.190. The Morgan fingerprint density at radius 3 is 2.86 bits per heavy atom. The van der Waals surface area contributed by atoms with Gasteiger partial charge in [-0.05, 0) is 17.9 Å². The third kappa shape index (κ3) is 2.29. The van der Waals surface area contributed by atoms with Crippen molar-refractivity contribution in [1.82, 2.24) is 9.88 Å². The van der Waals surface area contributed by atoms with Crippen LogP contribution in [0, 0.1) is 0 Å². The number of fused-ring (bicyclic) bond motifs is 3.